The van der Waals surface area contributed by atoms with Gasteiger partial charge in [-0.2, -0.15) is 0 Å². The molecule has 9 nitrogen and oxygen atoms in total. The predicted molar refractivity (Wildman–Crippen MR) is 266 cm³/mol. The summed E-state index contributed by atoms with van der Waals surface area (Å²) in [6.07, 6.45) is 12.0. The van der Waals surface area contributed by atoms with E-state index in [1.165, 1.54) is 17.0 Å². The molecular formula is C58H51N3O6. The van der Waals surface area contributed by atoms with Crippen LogP contribution in [0.1, 0.15) is 141 Å². The van der Waals surface area contributed by atoms with Crippen molar-refractivity contribution in [3.63, 3.8) is 0 Å². The van der Waals surface area contributed by atoms with E-state index in [1.807, 2.05) is 97.1 Å². The molecule has 2 heterocycles. The van der Waals surface area contributed by atoms with Gasteiger partial charge in [0.2, 0.25) is 0 Å². The first-order valence-electron chi connectivity index (χ1n) is 23.7. The van der Waals surface area contributed by atoms with Gasteiger partial charge in [0.15, 0.2) is 0 Å². The van der Waals surface area contributed by atoms with Crippen molar-refractivity contribution in [1.29, 1.82) is 0 Å². The second kappa shape index (κ2) is 18.0. The Hall–Kier alpha value is -7.52. The van der Waals surface area contributed by atoms with E-state index in [4.69, 9.17) is 5.11 Å². The lowest BCUT2D eigenvalue weighted by Crippen LogP contribution is -2.47. The van der Waals surface area contributed by atoms with Crippen molar-refractivity contribution in [1.82, 2.24) is 9.80 Å². The maximum absolute atomic E-state index is 14.5. The third-order valence-corrected chi connectivity index (χ3v) is 13.9. The first kappa shape index (κ1) is 43.4. The lowest BCUT2D eigenvalue weighted by molar-refractivity contribution is 0.0513. The van der Waals surface area contributed by atoms with Crippen molar-refractivity contribution in [3.8, 4) is 11.1 Å². The molecule has 9 heteroatoms. The molecule has 8 aromatic carbocycles. The number of amides is 4. The summed E-state index contributed by atoms with van der Waals surface area (Å²) in [4.78, 5) is 76.3. The molecule has 4 amide bonds. The molecule has 2 aliphatic heterocycles. The number of benzene rings is 8. The van der Waals surface area contributed by atoms with Gasteiger partial charge in [-0.3, -0.25) is 34.0 Å². The fourth-order valence-corrected chi connectivity index (χ4v) is 10.4. The van der Waals surface area contributed by atoms with Crippen molar-refractivity contribution in [2.75, 3.05) is 0 Å². The van der Waals surface area contributed by atoms with Gasteiger partial charge in [-0.25, -0.2) is 4.79 Å². The Morgan fingerprint density at radius 1 is 0.522 bits per heavy atom. The molecule has 0 fully saturated rings. The molecule has 0 spiro atoms. The minimum Gasteiger partial charge on any atom is -0.478 e. The Morgan fingerprint density at radius 3 is 1.42 bits per heavy atom. The maximum Gasteiger partial charge on any atom is 0.335 e. The highest BCUT2D eigenvalue weighted by Crippen LogP contribution is 2.47. The van der Waals surface area contributed by atoms with Crippen molar-refractivity contribution in [2.45, 2.75) is 90.6 Å². The summed E-state index contributed by atoms with van der Waals surface area (Å²) in [5.74, 6) is -2.13. The van der Waals surface area contributed by atoms with Crippen LogP contribution in [0.15, 0.2) is 126 Å². The summed E-state index contributed by atoms with van der Waals surface area (Å²) < 4.78 is 0. The molecule has 334 valence electrons. The summed E-state index contributed by atoms with van der Waals surface area (Å²) in [6, 6.07) is 37.2. The lowest BCUT2D eigenvalue weighted by atomic mass is 9.82. The fourth-order valence-electron chi connectivity index (χ4n) is 10.4. The average molecular weight is 886 g/mol. The lowest BCUT2D eigenvalue weighted by Gasteiger charge is -2.35. The number of nitrogens with zero attached hydrogens (tertiary/aromatic N) is 3. The van der Waals surface area contributed by atoms with Crippen LogP contribution in [0, 0.1) is 0 Å². The summed E-state index contributed by atoms with van der Waals surface area (Å²) >= 11 is 0. The molecule has 0 radical (unpaired) electrons. The Balaban J connectivity index is 0.918. The highest BCUT2D eigenvalue weighted by molar-refractivity contribution is 6.41. The number of carboxylic acids is 1. The van der Waals surface area contributed by atoms with E-state index in [1.54, 1.807) is 23.2 Å². The molecule has 10 rings (SSSR count). The van der Waals surface area contributed by atoms with Gasteiger partial charge in [0.1, 0.15) is 0 Å². The zero-order chi connectivity index (χ0) is 46.3. The largest absolute Gasteiger partial charge is 0.478 e. The number of aliphatic imine (C=N–C) groups is 1. The molecule has 0 aromatic heterocycles. The maximum atomic E-state index is 14.5. The second-order valence-electron chi connectivity index (χ2n) is 18.1. The average Bonchev–Trinajstić information content (AvgIpc) is 3.35. The SMILES string of the molecule is CCCCCCC(CCCCCC)N1C(=O)c2ccc3c4ccc5c6c(ccc(c7ccc(c2c37)C1=O)c64)C(=O)N(Cc1ccc(-c2ccc(C=Nc3ccc(C(=O)O)cc3)cc2)cc1)C5=O. The van der Waals surface area contributed by atoms with Crippen LogP contribution in [0.2, 0.25) is 0 Å². The van der Waals surface area contributed by atoms with Gasteiger partial charge in [-0.1, -0.05) is 138 Å². The van der Waals surface area contributed by atoms with Gasteiger partial charge in [0.05, 0.1) is 17.8 Å². The molecule has 1 N–H and O–H groups in total. The minimum atomic E-state index is -0.980. The van der Waals surface area contributed by atoms with Crippen LogP contribution >= 0.6 is 0 Å². The standard InChI is InChI=1S/C58H51N3O6/c1-3-5-7-9-11-41(12-10-8-6-4-2)61-56(64)48-31-27-44-42-25-29-46-52-47(30-26-43(50(42)52)45-28-32-49(57(61)65)53(48)51(44)45)55(63)60(54(46)62)34-36-15-19-38(20-16-36)37-17-13-35(14-18-37)33-59-40-23-21-39(22-24-40)58(66)67/h13-33,41H,3-12,34H2,1-2H3,(H,66,67). The zero-order valence-corrected chi connectivity index (χ0v) is 37.8. The van der Waals surface area contributed by atoms with E-state index in [9.17, 15) is 24.0 Å². The van der Waals surface area contributed by atoms with Crippen molar-refractivity contribution in [3.05, 3.63) is 160 Å². The number of carbonyl (C=O) groups is 5. The monoisotopic (exact) mass is 885 g/mol. The van der Waals surface area contributed by atoms with Gasteiger partial charge in [-0.05, 0) is 116 Å². The van der Waals surface area contributed by atoms with Crippen LogP contribution in [0.25, 0.3) is 54.2 Å². The molecule has 8 aromatic rings. The van der Waals surface area contributed by atoms with Gasteiger partial charge in [0.25, 0.3) is 23.6 Å². The van der Waals surface area contributed by atoms with Crippen molar-refractivity contribution in [2.24, 2.45) is 4.99 Å². The summed E-state index contributed by atoms with van der Waals surface area (Å²) in [5, 5.41) is 15.7. The predicted octanol–water partition coefficient (Wildman–Crippen LogP) is 13.6. The Morgan fingerprint density at radius 2 is 0.970 bits per heavy atom. The van der Waals surface area contributed by atoms with E-state index >= 15 is 0 Å². The van der Waals surface area contributed by atoms with E-state index < -0.39 is 5.97 Å². The van der Waals surface area contributed by atoms with Crippen LogP contribution in [0.3, 0.4) is 0 Å². The summed E-state index contributed by atoms with van der Waals surface area (Å²) in [6.45, 7) is 4.49. The van der Waals surface area contributed by atoms with Gasteiger partial charge in [-0.15, -0.1) is 0 Å². The zero-order valence-electron chi connectivity index (χ0n) is 37.8. The molecule has 0 unspecified atom stereocenters. The number of aromatic carboxylic acids is 1. The molecule has 67 heavy (non-hydrogen) atoms. The third-order valence-electron chi connectivity index (χ3n) is 13.9. The number of hydrogen-bond donors (Lipinski definition) is 1. The van der Waals surface area contributed by atoms with Crippen LogP contribution in [-0.4, -0.2) is 56.8 Å². The number of carboxylic acid groups (broad SMARTS) is 1. The van der Waals surface area contributed by atoms with Crippen molar-refractivity contribution < 1.29 is 29.1 Å². The van der Waals surface area contributed by atoms with Crippen molar-refractivity contribution >= 4 is 84.6 Å². The van der Waals surface area contributed by atoms with Crippen LogP contribution in [0.4, 0.5) is 5.69 Å². The van der Waals surface area contributed by atoms with E-state index in [-0.39, 0.29) is 41.8 Å². The number of fused-ring (bicyclic) bond motifs is 2. The summed E-state index contributed by atoms with van der Waals surface area (Å²) in [7, 11) is 0. The van der Waals surface area contributed by atoms with Crippen LogP contribution in [0.5, 0.6) is 0 Å². The number of carbonyl (C=O) groups excluding carboxylic acids is 4. The fraction of sp³-hybridized carbons (Fsp3) is 0.241. The number of rotatable bonds is 17. The number of hydrogen-bond acceptors (Lipinski definition) is 6. The molecule has 0 bridgehead atoms. The van der Waals surface area contributed by atoms with E-state index in [0.717, 1.165) is 119 Å². The van der Waals surface area contributed by atoms with Gasteiger partial charge >= 0.3 is 5.97 Å². The van der Waals surface area contributed by atoms with E-state index in [0.29, 0.717) is 38.7 Å². The van der Waals surface area contributed by atoms with E-state index in [2.05, 4.69) is 18.8 Å². The normalized spacial score (nSPS) is 13.8. The number of unbranched alkanes of at least 4 members (excludes halogenated alkanes) is 6. The quantitative estimate of drug-likeness (QED) is 0.0319. The first-order chi connectivity index (χ1) is 32.7. The molecule has 0 saturated carbocycles. The van der Waals surface area contributed by atoms with Crippen LogP contribution in [-0.2, 0) is 6.54 Å². The van der Waals surface area contributed by atoms with Gasteiger partial charge in [0, 0.05) is 45.3 Å². The van der Waals surface area contributed by atoms with Crippen LogP contribution < -0.4 is 0 Å². The smallest absolute Gasteiger partial charge is 0.335 e. The van der Waals surface area contributed by atoms with Gasteiger partial charge < -0.3 is 5.11 Å². The highest BCUT2D eigenvalue weighted by Gasteiger charge is 2.39. The first-order valence-corrected chi connectivity index (χ1v) is 23.7. The topological polar surface area (TPSA) is 124 Å². The molecular weight excluding hydrogens is 835 g/mol. The highest BCUT2D eigenvalue weighted by atomic mass is 16.4. The third kappa shape index (κ3) is 7.72. The molecule has 2 aliphatic rings. The second-order valence-corrected chi connectivity index (χ2v) is 18.1. The number of imide groups is 2. The molecule has 0 atom stereocenters. The molecule has 0 saturated heterocycles. The summed E-state index contributed by atoms with van der Waals surface area (Å²) in [5.41, 5.74) is 6.56. The Labute approximate surface area is 389 Å². The Kier molecular flexibility index (Phi) is 11.7. The molecule has 0 aliphatic carbocycles. The Bertz CT molecular complexity index is 3170. The minimum absolute atomic E-state index is 0.107.